The molecule has 1 amide bonds. The second-order valence-electron chi connectivity index (χ2n) is 5.90. The molecule has 4 nitrogen and oxygen atoms in total. The minimum Gasteiger partial charge on any atom is -0.326 e. The summed E-state index contributed by atoms with van der Waals surface area (Å²) in [7, 11) is 1.08. The average Bonchev–Trinajstić information content (AvgIpc) is 3.11. The number of carbonyl (C=O) groups excluding carboxylic acids is 1. The number of nitrogens with zero attached hydrogens (tertiary/aromatic N) is 3. The molecule has 1 unspecified atom stereocenters. The third kappa shape index (κ3) is 3.84. The van der Waals surface area contributed by atoms with E-state index in [9.17, 15) is 22.4 Å². The number of alkyl halides is 3. The van der Waals surface area contributed by atoms with E-state index in [1.807, 2.05) is 0 Å². The highest BCUT2D eigenvalue weighted by atomic mass is 19.4. The van der Waals surface area contributed by atoms with Crippen LogP contribution in [0.3, 0.4) is 0 Å². The van der Waals surface area contributed by atoms with Crippen LogP contribution in [0.25, 0.3) is 5.69 Å². The standard InChI is InChI=1S/C19H15F4N3O/c1-25(17(19(21,22)23)13-7-3-2-4-8-13)18(27)14-11-24-26(12-14)16-10-6-5-9-15(16)20/h2-12,17H,1H3. The van der Waals surface area contributed by atoms with Gasteiger partial charge in [0.2, 0.25) is 0 Å². The fourth-order valence-corrected chi connectivity index (χ4v) is 2.79. The molecule has 0 saturated carbocycles. The first-order valence-electron chi connectivity index (χ1n) is 7.97. The van der Waals surface area contributed by atoms with Gasteiger partial charge in [0.25, 0.3) is 5.91 Å². The predicted molar refractivity (Wildman–Crippen MR) is 90.9 cm³/mol. The number of amides is 1. The smallest absolute Gasteiger partial charge is 0.326 e. The minimum atomic E-state index is -4.66. The molecule has 0 aliphatic carbocycles. The molecular formula is C19H15F4N3O. The summed E-state index contributed by atoms with van der Waals surface area (Å²) in [5, 5.41) is 3.89. The lowest BCUT2D eigenvalue weighted by atomic mass is 10.0. The van der Waals surface area contributed by atoms with E-state index in [-0.39, 0.29) is 16.8 Å². The number of para-hydroxylation sites is 1. The summed E-state index contributed by atoms with van der Waals surface area (Å²) in [5.74, 6) is -1.44. The van der Waals surface area contributed by atoms with Crippen molar-refractivity contribution in [1.29, 1.82) is 0 Å². The van der Waals surface area contributed by atoms with Gasteiger partial charge in [-0.2, -0.15) is 18.3 Å². The van der Waals surface area contributed by atoms with Crippen molar-refractivity contribution in [2.75, 3.05) is 7.05 Å². The molecule has 0 aliphatic heterocycles. The Kier molecular flexibility index (Phi) is 4.98. The van der Waals surface area contributed by atoms with Crippen LogP contribution in [0.4, 0.5) is 17.6 Å². The fraction of sp³-hybridized carbons (Fsp3) is 0.158. The molecule has 0 radical (unpaired) electrons. The summed E-state index contributed by atoms with van der Waals surface area (Å²) in [4.78, 5) is 13.2. The van der Waals surface area contributed by atoms with Crippen LogP contribution in [-0.2, 0) is 0 Å². The SMILES string of the molecule is CN(C(=O)c1cnn(-c2ccccc2F)c1)C(c1ccccc1)C(F)(F)F. The number of carbonyl (C=O) groups is 1. The number of hydrogen-bond donors (Lipinski definition) is 0. The lowest BCUT2D eigenvalue weighted by Crippen LogP contribution is -2.39. The van der Waals surface area contributed by atoms with Gasteiger partial charge >= 0.3 is 6.18 Å². The maximum atomic E-state index is 13.8. The van der Waals surface area contributed by atoms with E-state index in [0.29, 0.717) is 4.90 Å². The van der Waals surface area contributed by atoms with E-state index in [1.165, 1.54) is 48.7 Å². The van der Waals surface area contributed by atoms with Gasteiger partial charge in [-0.15, -0.1) is 0 Å². The summed E-state index contributed by atoms with van der Waals surface area (Å²) in [5.41, 5.74) is -0.0390. The highest BCUT2D eigenvalue weighted by molar-refractivity contribution is 5.94. The Bertz CT molecular complexity index is 937. The van der Waals surface area contributed by atoms with E-state index < -0.39 is 23.9 Å². The van der Waals surface area contributed by atoms with Crippen molar-refractivity contribution in [3.8, 4) is 5.69 Å². The highest BCUT2D eigenvalue weighted by Gasteiger charge is 2.45. The lowest BCUT2D eigenvalue weighted by Gasteiger charge is -2.30. The van der Waals surface area contributed by atoms with Crippen LogP contribution in [-0.4, -0.2) is 33.8 Å². The van der Waals surface area contributed by atoms with E-state index in [0.717, 1.165) is 17.9 Å². The predicted octanol–water partition coefficient (Wildman–Crippen LogP) is 4.39. The van der Waals surface area contributed by atoms with Crippen LogP contribution in [0.1, 0.15) is 22.0 Å². The maximum Gasteiger partial charge on any atom is 0.413 e. The number of benzene rings is 2. The zero-order valence-corrected chi connectivity index (χ0v) is 14.2. The topological polar surface area (TPSA) is 38.1 Å². The maximum absolute atomic E-state index is 13.8. The minimum absolute atomic E-state index is 0.0534. The Hall–Kier alpha value is -3.16. The van der Waals surface area contributed by atoms with E-state index in [1.54, 1.807) is 12.1 Å². The van der Waals surface area contributed by atoms with Crippen molar-refractivity contribution in [2.45, 2.75) is 12.2 Å². The van der Waals surface area contributed by atoms with Crippen LogP contribution in [0.2, 0.25) is 0 Å². The molecule has 0 aliphatic rings. The van der Waals surface area contributed by atoms with Crippen LogP contribution >= 0.6 is 0 Å². The van der Waals surface area contributed by atoms with Gasteiger partial charge in [-0.05, 0) is 17.7 Å². The van der Waals surface area contributed by atoms with E-state index >= 15 is 0 Å². The Balaban J connectivity index is 1.92. The number of halogens is 4. The zero-order chi connectivity index (χ0) is 19.6. The summed E-state index contributed by atoms with van der Waals surface area (Å²) < 4.78 is 55.7. The highest BCUT2D eigenvalue weighted by Crippen LogP contribution is 2.37. The Morgan fingerprint density at radius 1 is 1.07 bits per heavy atom. The number of hydrogen-bond acceptors (Lipinski definition) is 2. The van der Waals surface area contributed by atoms with Crippen molar-refractivity contribution in [3.05, 3.63) is 83.9 Å². The van der Waals surface area contributed by atoms with Crippen LogP contribution in [0.5, 0.6) is 0 Å². The van der Waals surface area contributed by atoms with Crippen LogP contribution in [0.15, 0.2) is 67.0 Å². The molecule has 0 N–H and O–H groups in total. The summed E-state index contributed by atoms with van der Waals surface area (Å²) in [6.45, 7) is 0. The lowest BCUT2D eigenvalue weighted by molar-refractivity contribution is -0.176. The average molecular weight is 377 g/mol. The number of rotatable bonds is 4. The van der Waals surface area contributed by atoms with Crippen molar-refractivity contribution in [3.63, 3.8) is 0 Å². The van der Waals surface area contributed by atoms with Crippen molar-refractivity contribution in [2.24, 2.45) is 0 Å². The Morgan fingerprint density at radius 3 is 2.33 bits per heavy atom. The van der Waals surface area contributed by atoms with Gasteiger partial charge in [0, 0.05) is 13.2 Å². The van der Waals surface area contributed by atoms with Gasteiger partial charge in [0.1, 0.15) is 11.5 Å². The van der Waals surface area contributed by atoms with Crippen molar-refractivity contribution in [1.82, 2.24) is 14.7 Å². The van der Waals surface area contributed by atoms with Crippen LogP contribution in [0, 0.1) is 5.82 Å². The van der Waals surface area contributed by atoms with E-state index in [4.69, 9.17) is 0 Å². The molecule has 140 valence electrons. The Morgan fingerprint density at radius 2 is 1.70 bits per heavy atom. The molecule has 1 atom stereocenters. The molecule has 27 heavy (non-hydrogen) atoms. The summed E-state index contributed by atoms with van der Waals surface area (Å²) in [6, 6.07) is 10.8. The summed E-state index contributed by atoms with van der Waals surface area (Å²) in [6.07, 6.45) is -2.34. The normalized spacial score (nSPS) is 12.6. The molecule has 1 heterocycles. The molecule has 0 saturated heterocycles. The van der Waals surface area contributed by atoms with Crippen LogP contribution < -0.4 is 0 Å². The summed E-state index contributed by atoms with van der Waals surface area (Å²) >= 11 is 0. The largest absolute Gasteiger partial charge is 0.413 e. The molecule has 1 aromatic heterocycles. The first-order valence-corrected chi connectivity index (χ1v) is 7.97. The second kappa shape index (κ2) is 7.22. The molecule has 0 fully saturated rings. The van der Waals surface area contributed by atoms with Gasteiger partial charge in [-0.25, -0.2) is 9.07 Å². The molecule has 0 bridgehead atoms. The quantitative estimate of drug-likeness (QED) is 0.633. The first kappa shape index (κ1) is 18.6. The fourth-order valence-electron chi connectivity index (χ4n) is 2.79. The number of aromatic nitrogens is 2. The Labute approximate surface area is 152 Å². The van der Waals surface area contributed by atoms with Gasteiger partial charge in [0.15, 0.2) is 6.04 Å². The zero-order valence-electron chi connectivity index (χ0n) is 14.2. The third-order valence-corrected chi connectivity index (χ3v) is 4.06. The molecule has 3 aromatic rings. The van der Waals surface area contributed by atoms with Crippen molar-refractivity contribution >= 4 is 5.91 Å². The molecule has 8 heteroatoms. The van der Waals surface area contributed by atoms with Gasteiger partial charge in [-0.3, -0.25) is 4.79 Å². The van der Waals surface area contributed by atoms with E-state index in [2.05, 4.69) is 5.10 Å². The third-order valence-electron chi connectivity index (χ3n) is 4.06. The second-order valence-corrected chi connectivity index (χ2v) is 5.90. The van der Waals surface area contributed by atoms with Gasteiger partial charge in [0.05, 0.1) is 11.8 Å². The van der Waals surface area contributed by atoms with Crippen molar-refractivity contribution < 1.29 is 22.4 Å². The monoisotopic (exact) mass is 377 g/mol. The molecule has 3 rings (SSSR count). The molecular weight excluding hydrogens is 362 g/mol. The first-order chi connectivity index (χ1) is 12.8. The van der Waals surface area contributed by atoms with Gasteiger partial charge in [-0.1, -0.05) is 42.5 Å². The van der Waals surface area contributed by atoms with Gasteiger partial charge < -0.3 is 4.90 Å². The molecule has 2 aromatic carbocycles. The molecule has 0 spiro atoms.